The van der Waals surface area contributed by atoms with Gasteiger partial charge >= 0.3 is 0 Å². The van der Waals surface area contributed by atoms with Gasteiger partial charge in [-0.3, -0.25) is 15.7 Å². The molecule has 4 rings (SSSR count). The number of anilines is 2. The maximum Gasteiger partial charge on any atom is 0.210 e. The molecule has 0 saturated carbocycles. The van der Waals surface area contributed by atoms with E-state index in [1.54, 1.807) is 6.21 Å². The standard InChI is InChI=1S/C17H23N7/c1-16(2)13-8-11(5-4-10(13)6-7-24(16)3)17(19)20-9-12-14(18)22-23-15(12)21-17/h4-5,8-9H,6-7,19H2,1-3H3,(H4,18,21,22,23). The molecule has 1 aromatic heterocycles. The quantitative estimate of drug-likeness (QED) is 0.632. The number of H-pyrrole nitrogens is 1. The fourth-order valence-electron chi connectivity index (χ4n) is 3.49. The van der Waals surface area contributed by atoms with Gasteiger partial charge in [-0.25, -0.2) is 4.99 Å². The van der Waals surface area contributed by atoms with Gasteiger partial charge in [0.2, 0.25) is 5.79 Å². The van der Waals surface area contributed by atoms with Gasteiger partial charge in [-0.05, 0) is 44.5 Å². The first kappa shape index (κ1) is 15.2. The highest BCUT2D eigenvalue weighted by molar-refractivity contribution is 5.94. The number of likely N-dealkylation sites (N-methyl/N-ethyl adjacent to an activating group) is 1. The highest BCUT2D eigenvalue weighted by atomic mass is 15.3. The second-order valence-corrected chi connectivity index (χ2v) is 7.15. The van der Waals surface area contributed by atoms with Crippen LogP contribution in [0.4, 0.5) is 11.6 Å². The number of aromatic nitrogens is 2. The zero-order valence-electron chi connectivity index (χ0n) is 14.2. The highest BCUT2D eigenvalue weighted by Gasteiger charge is 2.36. The van der Waals surface area contributed by atoms with Crippen LogP contribution >= 0.6 is 0 Å². The molecule has 2 aromatic rings. The van der Waals surface area contributed by atoms with Gasteiger partial charge in [-0.1, -0.05) is 12.1 Å². The smallest absolute Gasteiger partial charge is 0.210 e. The van der Waals surface area contributed by atoms with E-state index in [1.165, 1.54) is 11.1 Å². The summed E-state index contributed by atoms with van der Waals surface area (Å²) in [4.78, 5) is 6.88. The second kappa shape index (κ2) is 4.81. The average Bonchev–Trinajstić information content (AvgIpc) is 2.91. The summed E-state index contributed by atoms with van der Waals surface area (Å²) in [6.45, 7) is 5.53. The van der Waals surface area contributed by atoms with Gasteiger partial charge in [0.1, 0.15) is 5.82 Å². The largest absolute Gasteiger partial charge is 0.383 e. The van der Waals surface area contributed by atoms with Crippen molar-refractivity contribution in [2.75, 3.05) is 24.6 Å². The fraction of sp³-hybridized carbons (Fsp3) is 0.412. The average molecular weight is 325 g/mol. The molecule has 0 bridgehead atoms. The fourth-order valence-corrected chi connectivity index (χ4v) is 3.49. The number of fused-ring (bicyclic) bond motifs is 2. The third-order valence-corrected chi connectivity index (χ3v) is 5.42. The van der Waals surface area contributed by atoms with Crippen LogP contribution in [0.2, 0.25) is 0 Å². The minimum absolute atomic E-state index is 0.0414. The molecule has 0 aliphatic carbocycles. The molecule has 0 fully saturated rings. The molecule has 7 heteroatoms. The Morgan fingerprint density at radius 3 is 2.88 bits per heavy atom. The topological polar surface area (TPSA) is 108 Å². The molecule has 24 heavy (non-hydrogen) atoms. The molecular formula is C17H23N7. The summed E-state index contributed by atoms with van der Waals surface area (Å²) < 4.78 is 0. The van der Waals surface area contributed by atoms with Crippen LogP contribution < -0.4 is 16.8 Å². The Bertz CT molecular complexity index is 835. The lowest BCUT2D eigenvalue weighted by atomic mass is 9.82. The molecule has 2 aliphatic rings. The first-order valence-electron chi connectivity index (χ1n) is 8.12. The minimum atomic E-state index is -1.05. The SMILES string of the molecule is CN1CCc2ccc(C3(N)N=Cc4c(n[nH]c4N)N3)cc2C1(C)C. The molecule has 0 amide bonds. The molecule has 0 radical (unpaired) electrons. The Hall–Kier alpha value is -2.38. The van der Waals surface area contributed by atoms with Crippen molar-refractivity contribution in [3.8, 4) is 0 Å². The molecule has 6 N–H and O–H groups in total. The van der Waals surface area contributed by atoms with E-state index in [2.05, 4.69) is 58.4 Å². The molecular weight excluding hydrogens is 302 g/mol. The summed E-state index contributed by atoms with van der Waals surface area (Å²) in [5.74, 6) is 0.0612. The predicted octanol–water partition coefficient (Wildman–Crippen LogP) is 1.33. The van der Waals surface area contributed by atoms with Crippen LogP contribution in [0, 0.1) is 0 Å². The van der Waals surface area contributed by atoms with Crippen molar-refractivity contribution < 1.29 is 0 Å². The van der Waals surface area contributed by atoms with Gasteiger partial charge in [0, 0.05) is 23.9 Å². The lowest BCUT2D eigenvalue weighted by Gasteiger charge is -2.42. The normalized spacial score (nSPS) is 25.0. The van der Waals surface area contributed by atoms with E-state index in [-0.39, 0.29) is 5.54 Å². The van der Waals surface area contributed by atoms with Crippen LogP contribution in [-0.2, 0) is 17.7 Å². The number of aromatic amines is 1. The van der Waals surface area contributed by atoms with Gasteiger partial charge in [0.05, 0.1) is 5.56 Å². The second-order valence-electron chi connectivity index (χ2n) is 7.15. The maximum atomic E-state index is 6.54. The van der Waals surface area contributed by atoms with Crippen molar-refractivity contribution in [1.29, 1.82) is 0 Å². The third kappa shape index (κ3) is 2.05. The summed E-state index contributed by atoms with van der Waals surface area (Å²) in [5.41, 5.74) is 16.7. The first-order valence-corrected chi connectivity index (χ1v) is 8.12. The number of nitrogen functional groups attached to an aromatic ring is 1. The van der Waals surface area contributed by atoms with E-state index in [0.717, 1.165) is 24.1 Å². The third-order valence-electron chi connectivity index (χ3n) is 5.42. The van der Waals surface area contributed by atoms with E-state index in [0.29, 0.717) is 11.6 Å². The van der Waals surface area contributed by atoms with Gasteiger partial charge < -0.3 is 11.1 Å². The Labute approximate surface area is 141 Å². The molecule has 1 unspecified atom stereocenters. The van der Waals surface area contributed by atoms with Crippen molar-refractivity contribution in [1.82, 2.24) is 15.1 Å². The summed E-state index contributed by atoms with van der Waals surface area (Å²) >= 11 is 0. The number of aliphatic imine (C=N–C) groups is 1. The number of hydrogen-bond acceptors (Lipinski definition) is 6. The van der Waals surface area contributed by atoms with E-state index in [9.17, 15) is 0 Å². The van der Waals surface area contributed by atoms with E-state index in [1.807, 2.05) is 6.07 Å². The van der Waals surface area contributed by atoms with Crippen LogP contribution in [0.1, 0.15) is 36.1 Å². The molecule has 0 saturated heterocycles. The van der Waals surface area contributed by atoms with E-state index in [4.69, 9.17) is 11.5 Å². The number of nitrogens with zero attached hydrogens (tertiary/aromatic N) is 3. The van der Waals surface area contributed by atoms with Gasteiger partial charge in [0.15, 0.2) is 5.82 Å². The molecule has 0 spiro atoms. The molecule has 126 valence electrons. The lowest BCUT2D eigenvalue weighted by Crippen LogP contribution is -2.47. The van der Waals surface area contributed by atoms with Gasteiger partial charge in [0.25, 0.3) is 0 Å². The molecule has 1 atom stereocenters. The van der Waals surface area contributed by atoms with Crippen LogP contribution in [-0.4, -0.2) is 34.9 Å². The number of nitrogens with two attached hydrogens (primary N) is 2. The Morgan fingerprint density at radius 2 is 2.08 bits per heavy atom. The molecule has 7 nitrogen and oxygen atoms in total. The zero-order chi connectivity index (χ0) is 17.1. The maximum absolute atomic E-state index is 6.54. The van der Waals surface area contributed by atoms with Crippen molar-refractivity contribution >= 4 is 17.9 Å². The molecule has 1 aromatic carbocycles. The van der Waals surface area contributed by atoms with Crippen LogP contribution in [0.15, 0.2) is 23.2 Å². The Morgan fingerprint density at radius 1 is 1.29 bits per heavy atom. The Balaban J connectivity index is 1.77. The lowest BCUT2D eigenvalue weighted by molar-refractivity contribution is 0.143. The predicted molar refractivity (Wildman–Crippen MR) is 95.9 cm³/mol. The number of rotatable bonds is 1. The summed E-state index contributed by atoms with van der Waals surface area (Å²) in [6, 6.07) is 6.38. The Kier molecular flexibility index (Phi) is 3.04. The van der Waals surface area contributed by atoms with Crippen LogP contribution in [0.25, 0.3) is 0 Å². The monoisotopic (exact) mass is 325 g/mol. The molecule has 3 heterocycles. The van der Waals surface area contributed by atoms with Crippen LogP contribution in [0.5, 0.6) is 0 Å². The number of nitrogens with one attached hydrogen (secondary N) is 2. The number of benzene rings is 1. The summed E-state index contributed by atoms with van der Waals surface area (Å²) in [6.07, 6.45) is 2.73. The van der Waals surface area contributed by atoms with E-state index >= 15 is 0 Å². The number of hydrogen-bond donors (Lipinski definition) is 4. The molecule has 2 aliphatic heterocycles. The zero-order valence-corrected chi connectivity index (χ0v) is 14.2. The van der Waals surface area contributed by atoms with Crippen molar-refractivity contribution in [2.24, 2.45) is 10.7 Å². The first-order chi connectivity index (χ1) is 11.3. The summed E-state index contributed by atoms with van der Waals surface area (Å²) in [5, 5.41) is 10.1. The van der Waals surface area contributed by atoms with Gasteiger partial charge in [-0.15, -0.1) is 0 Å². The van der Waals surface area contributed by atoms with Crippen molar-refractivity contribution in [2.45, 2.75) is 31.6 Å². The van der Waals surface area contributed by atoms with Crippen LogP contribution in [0.3, 0.4) is 0 Å². The van der Waals surface area contributed by atoms with E-state index < -0.39 is 5.79 Å². The minimum Gasteiger partial charge on any atom is -0.383 e. The van der Waals surface area contributed by atoms with Crippen molar-refractivity contribution in [3.05, 3.63) is 40.5 Å². The highest BCUT2D eigenvalue weighted by Crippen LogP contribution is 2.37. The van der Waals surface area contributed by atoms with Crippen molar-refractivity contribution in [3.63, 3.8) is 0 Å². The summed E-state index contributed by atoms with van der Waals surface area (Å²) in [7, 11) is 2.16. The van der Waals surface area contributed by atoms with Gasteiger partial charge in [-0.2, -0.15) is 5.10 Å².